The highest BCUT2D eigenvalue weighted by molar-refractivity contribution is 7.15. The van der Waals surface area contributed by atoms with Gasteiger partial charge in [0, 0.05) is 18.5 Å². The summed E-state index contributed by atoms with van der Waals surface area (Å²) >= 11 is 1.65. The molecule has 3 atom stereocenters. The standard InChI is InChI=1S/C14H20N2O3S/c1-8-10(6-7-19-8)16(2)14-15-12-9(13(17)18)4-3-5-11(12)20-14/h8-10H,3-7H2,1-2H3,(H,17,18). The van der Waals surface area contributed by atoms with Gasteiger partial charge in [0.1, 0.15) is 5.92 Å². The Balaban J connectivity index is 1.87. The minimum absolute atomic E-state index is 0.205. The van der Waals surface area contributed by atoms with Gasteiger partial charge in [0.25, 0.3) is 0 Å². The lowest BCUT2D eigenvalue weighted by molar-refractivity contribution is -0.139. The van der Waals surface area contributed by atoms with Gasteiger partial charge in [-0.2, -0.15) is 0 Å². The number of nitrogens with zero attached hydrogens (tertiary/aromatic N) is 2. The first-order chi connectivity index (χ1) is 9.58. The summed E-state index contributed by atoms with van der Waals surface area (Å²) in [6.45, 7) is 2.88. The van der Waals surface area contributed by atoms with E-state index in [1.807, 2.05) is 7.05 Å². The van der Waals surface area contributed by atoms with Crippen LogP contribution in [-0.2, 0) is 16.0 Å². The van der Waals surface area contributed by atoms with Crippen LogP contribution in [0.2, 0.25) is 0 Å². The van der Waals surface area contributed by atoms with Crippen LogP contribution in [0.4, 0.5) is 5.13 Å². The number of carboxylic acid groups (broad SMARTS) is 1. The molecule has 1 aromatic rings. The summed E-state index contributed by atoms with van der Waals surface area (Å²) in [4.78, 5) is 19.3. The van der Waals surface area contributed by atoms with E-state index in [0.717, 1.165) is 41.6 Å². The zero-order valence-electron chi connectivity index (χ0n) is 11.8. The van der Waals surface area contributed by atoms with Crippen molar-refractivity contribution in [1.29, 1.82) is 0 Å². The molecule has 0 bridgehead atoms. The Hall–Kier alpha value is -1.14. The number of aromatic nitrogens is 1. The smallest absolute Gasteiger partial charge is 0.312 e. The number of ether oxygens (including phenoxy) is 1. The van der Waals surface area contributed by atoms with Gasteiger partial charge in [-0.1, -0.05) is 0 Å². The Morgan fingerprint density at radius 1 is 1.50 bits per heavy atom. The highest BCUT2D eigenvalue weighted by atomic mass is 32.1. The van der Waals surface area contributed by atoms with E-state index in [1.54, 1.807) is 11.3 Å². The SMILES string of the molecule is CC1OCCC1N(C)c1nc2c(s1)CCCC2C(=O)O. The van der Waals surface area contributed by atoms with Crippen molar-refractivity contribution in [1.82, 2.24) is 4.98 Å². The number of hydrogen-bond donors (Lipinski definition) is 1. The van der Waals surface area contributed by atoms with E-state index in [1.165, 1.54) is 0 Å². The Morgan fingerprint density at radius 3 is 2.95 bits per heavy atom. The number of fused-ring (bicyclic) bond motifs is 1. The van der Waals surface area contributed by atoms with E-state index in [9.17, 15) is 9.90 Å². The molecule has 6 heteroatoms. The first-order valence-electron chi connectivity index (χ1n) is 7.14. The fraction of sp³-hybridized carbons (Fsp3) is 0.714. The number of carboxylic acids is 1. The minimum Gasteiger partial charge on any atom is -0.481 e. The molecule has 1 aliphatic carbocycles. The maximum atomic E-state index is 11.3. The van der Waals surface area contributed by atoms with Crippen LogP contribution in [0.15, 0.2) is 0 Å². The van der Waals surface area contributed by atoms with E-state index in [0.29, 0.717) is 12.5 Å². The Morgan fingerprint density at radius 2 is 2.30 bits per heavy atom. The molecule has 0 radical (unpaired) electrons. The quantitative estimate of drug-likeness (QED) is 0.927. The number of likely N-dealkylation sites (N-methyl/N-ethyl adjacent to an activating group) is 1. The molecule has 20 heavy (non-hydrogen) atoms. The normalized spacial score (nSPS) is 29.2. The average Bonchev–Trinajstić information content (AvgIpc) is 3.02. The molecule has 0 aromatic carbocycles. The number of rotatable bonds is 3. The van der Waals surface area contributed by atoms with Crippen molar-refractivity contribution < 1.29 is 14.6 Å². The predicted molar refractivity (Wildman–Crippen MR) is 77.7 cm³/mol. The number of anilines is 1. The average molecular weight is 296 g/mol. The second-order valence-electron chi connectivity index (χ2n) is 5.63. The van der Waals surface area contributed by atoms with E-state index in [4.69, 9.17) is 4.74 Å². The summed E-state index contributed by atoms with van der Waals surface area (Å²) in [5, 5.41) is 10.3. The van der Waals surface area contributed by atoms with E-state index in [-0.39, 0.29) is 6.10 Å². The summed E-state index contributed by atoms with van der Waals surface area (Å²) < 4.78 is 5.61. The minimum atomic E-state index is -0.747. The highest BCUT2D eigenvalue weighted by Crippen LogP contribution is 2.39. The van der Waals surface area contributed by atoms with Crippen LogP contribution in [0.25, 0.3) is 0 Å². The topological polar surface area (TPSA) is 62.7 Å². The van der Waals surface area contributed by atoms with E-state index < -0.39 is 11.9 Å². The number of thiazole rings is 1. The predicted octanol–water partition coefficient (Wildman–Crippen LogP) is 2.26. The Kier molecular flexibility index (Phi) is 3.69. The van der Waals surface area contributed by atoms with Gasteiger partial charge in [-0.25, -0.2) is 4.98 Å². The third-order valence-electron chi connectivity index (χ3n) is 4.38. The van der Waals surface area contributed by atoms with Crippen molar-refractivity contribution in [2.45, 2.75) is 50.7 Å². The number of carbonyl (C=O) groups is 1. The fourth-order valence-electron chi connectivity index (χ4n) is 3.17. The van der Waals surface area contributed by atoms with Crippen LogP contribution >= 0.6 is 11.3 Å². The molecule has 0 saturated carbocycles. The molecule has 3 rings (SSSR count). The lowest BCUT2D eigenvalue weighted by Gasteiger charge is -2.26. The maximum absolute atomic E-state index is 11.3. The van der Waals surface area contributed by atoms with Gasteiger partial charge in [-0.3, -0.25) is 4.79 Å². The van der Waals surface area contributed by atoms with Gasteiger partial charge in [0.2, 0.25) is 0 Å². The van der Waals surface area contributed by atoms with Gasteiger partial charge >= 0.3 is 5.97 Å². The number of aryl methyl sites for hydroxylation is 1. The lowest BCUT2D eigenvalue weighted by Crippen LogP contribution is -2.36. The molecule has 1 fully saturated rings. The summed E-state index contributed by atoms with van der Waals surface area (Å²) in [5.74, 6) is -1.17. The molecule has 0 amide bonds. The lowest BCUT2D eigenvalue weighted by atomic mass is 9.91. The molecule has 2 heterocycles. The van der Waals surface area contributed by atoms with Crippen LogP contribution in [0, 0.1) is 0 Å². The maximum Gasteiger partial charge on any atom is 0.312 e. The van der Waals surface area contributed by atoms with Gasteiger partial charge < -0.3 is 14.7 Å². The van der Waals surface area contributed by atoms with Crippen molar-refractivity contribution in [2.24, 2.45) is 0 Å². The summed E-state index contributed by atoms with van der Waals surface area (Å²) in [5.41, 5.74) is 0.794. The molecule has 1 aliphatic heterocycles. The molecular weight excluding hydrogens is 276 g/mol. The molecule has 2 aliphatic rings. The first kappa shape index (κ1) is 13.8. The van der Waals surface area contributed by atoms with Crippen molar-refractivity contribution >= 4 is 22.4 Å². The fourth-order valence-corrected chi connectivity index (χ4v) is 4.35. The Labute approximate surface area is 122 Å². The number of hydrogen-bond acceptors (Lipinski definition) is 5. The van der Waals surface area contributed by atoms with Crippen molar-refractivity contribution in [2.75, 3.05) is 18.6 Å². The molecule has 110 valence electrons. The van der Waals surface area contributed by atoms with Crippen LogP contribution in [0.1, 0.15) is 42.7 Å². The second-order valence-corrected chi connectivity index (χ2v) is 6.69. The van der Waals surface area contributed by atoms with Gasteiger partial charge in [0.15, 0.2) is 5.13 Å². The van der Waals surface area contributed by atoms with E-state index >= 15 is 0 Å². The van der Waals surface area contributed by atoms with Crippen LogP contribution in [-0.4, -0.2) is 41.9 Å². The third-order valence-corrected chi connectivity index (χ3v) is 5.60. The number of aliphatic carboxylic acids is 1. The zero-order valence-corrected chi connectivity index (χ0v) is 12.7. The van der Waals surface area contributed by atoms with Crippen LogP contribution in [0.3, 0.4) is 0 Å². The summed E-state index contributed by atoms with van der Waals surface area (Å²) in [7, 11) is 2.04. The summed E-state index contributed by atoms with van der Waals surface area (Å²) in [6.07, 6.45) is 3.82. The highest BCUT2D eigenvalue weighted by Gasteiger charge is 2.33. The van der Waals surface area contributed by atoms with Gasteiger partial charge in [0.05, 0.1) is 17.8 Å². The van der Waals surface area contributed by atoms with Crippen molar-refractivity contribution in [3.8, 4) is 0 Å². The Bertz CT molecular complexity index is 517. The molecule has 5 nitrogen and oxygen atoms in total. The van der Waals surface area contributed by atoms with Crippen LogP contribution < -0.4 is 4.90 Å². The van der Waals surface area contributed by atoms with E-state index in [2.05, 4.69) is 16.8 Å². The largest absolute Gasteiger partial charge is 0.481 e. The van der Waals surface area contributed by atoms with Gasteiger partial charge in [-0.05, 0) is 32.6 Å². The molecule has 1 aromatic heterocycles. The summed E-state index contributed by atoms with van der Waals surface area (Å²) in [6, 6.07) is 0.339. The van der Waals surface area contributed by atoms with Crippen molar-refractivity contribution in [3.63, 3.8) is 0 Å². The van der Waals surface area contributed by atoms with Crippen LogP contribution in [0.5, 0.6) is 0 Å². The monoisotopic (exact) mass is 296 g/mol. The molecule has 0 spiro atoms. The second kappa shape index (κ2) is 5.33. The van der Waals surface area contributed by atoms with Gasteiger partial charge in [-0.15, -0.1) is 11.3 Å². The molecule has 3 unspecified atom stereocenters. The first-order valence-corrected chi connectivity index (χ1v) is 7.96. The molecule has 1 N–H and O–H groups in total. The zero-order chi connectivity index (χ0) is 14.3. The molecular formula is C14H20N2O3S. The third kappa shape index (κ3) is 2.31. The van der Waals surface area contributed by atoms with Crippen molar-refractivity contribution in [3.05, 3.63) is 10.6 Å². The molecule has 1 saturated heterocycles.